The molecule has 0 bridgehead atoms. The van der Waals surface area contributed by atoms with Crippen LogP contribution < -0.4 is 0 Å². The summed E-state index contributed by atoms with van der Waals surface area (Å²) in [5, 5.41) is 0. The molecule has 0 radical (unpaired) electrons. The van der Waals surface area contributed by atoms with Crippen molar-refractivity contribution >= 4 is 33.9 Å². The lowest BCUT2D eigenvalue weighted by Gasteiger charge is -1.96. The molecule has 5 heteroatoms. The highest BCUT2D eigenvalue weighted by atomic mass is 79.9. The number of aliphatic imine (C=N–C) groups is 1. The molecule has 0 spiro atoms. The Balaban J connectivity index is 1.92. The monoisotopic (exact) mass is 328 g/mol. The summed E-state index contributed by atoms with van der Waals surface area (Å²) in [6, 6.07) is 11.1. The Labute approximate surface area is 124 Å². The van der Waals surface area contributed by atoms with Crippen LogP contribution in [0.3, 0.4) is 0 Å². The third-order valence-electron chi connectivity index (χ3n) is 2.70. The van der Waals surface area contributed by atoms with Crippen LogP contribution in [0.15, 0.2) is 64.0 Å². The van der Waals surface area contributed by atoms with Gasteiger partial charge in [0.15, 0.2) is 5.70 Å². The number of rotatable bonds is 2. The van der Waals surface area contributed by atoms with E-state index in [1.807, 2.05) is 24.3 Å². The van der Waals surface area contributed by atoms with Crippen LogP contribution in [0, 0.1) is 0 Å². The number of benzene rings is 1. The number of cyclic esters (lactones) is 1. The van der Waals surface area contributed by atoms with Crippen molar-refractivity contribution in [3.05, 3.63) is 70.1 Å². The van der Waals surface area contributed by atoms with Gasteiger partial charge in [-0.05, 0) is 35.9 Å². The second kappa shape index (κ2) is 5.38. The Kier molecular flexibility index (Phi) is 3.43. The highest BCUT2D eigenvalue weighted by molar-refractivity contribution is 9.10. The molecule has 0 fully saturated rings. The Bertz CT molecular complexity index is 706. The molecule has 0 atom stereocenters. The molecular formula is C15H9BrN2O2. The maximum absolute atomic E-state index is 11.8. The fraction of sp³-hybridized carbons (Fsp3) is 0. The summed E-state index contributed by atoms with van der Waals surface area (Å²) in [4.78, 5) is 20.0. The number of pyridine rings is 1. The van der Waals surface area contributed by atoms with Gasteiger partial charge in [0.2, 0.25) is 5.90 Å². The molecule has 0 amide bonds. The lowest BCUT2D eigenvalue weighted by atomic mass is 10.2. The number of halogens is 1. The molecule has 0 saturated carbocycles. The first-order valence-corrected chi connectivity index (χ1v) is 6.70. The molecule has 2 aromatic rings. The lowest BCUT2D eigenvalue weighted by Crippen LogP contribution is -2.05. The van der Waals surface area contributed by atoms with Gasteiger partial charge in [-0.3, -0.25) is 4.98 Å². The van der Waals surface area contributed by atoms with E-state index in [1.165, 1.54) is 0 Å². The van der Waals surface area contributed by atoms with E-state index in [4.69, 9.17) is 4.74 Å². The summed E-state index contributed by atoms with van der Waals surface area (Å²) < 4.78 is 6.13. The fourth-order valence-corrected chi connectivity index (χ4v) is 2.00. The molecule has 1 aromatic heterocycles. The zero-order valence-electron chi connectivity index (χ0n) is 10.3. The van der Waals surface area contributed by atoms with Gasteiger partial charge in [-0.25, -0.2) is 9.79 Å². The topological polar surface area (TPSA) is 51.5 Å². The highest BCUT2D eigenvalue weighted by Crippen LogP contribution is 2.19. The smallest absolute Gasteiger partial charge is 0.363 e. The summed E-state index contributed by atoms with van der Waals surface area (Å²) in [6.07, 6.45) is 4.95. The van der Waals surface area contributed by atoms with Gasteiger partial charge in [-0.2, -0.15) is 0 Å². The molecule has 0 aliphatic carbocycles. The Morgan fingerprint density at radius 2 is 1.95 bits per heavy atom. The third-order valence-corrected chi connectivity index (χ3v) is 3.23. The molecule has 0 unspecified atom stereocenters. The van der Waals surface area contributed by atoms with Crippen molar-refractivity contribution in [2.75, 3.05) is 0 Å². The number of aromatic nitrogens is 1. The van der Waals surface area contributed by atoms with E-state index in [9.17, 15) is 4.79 Å². The number of hydrogen-bond acceptors (Lipinski definition) is 4. The molecular weight excluding hydrogens is 320 g/mol. The first-order chi connectivity index (χ1) is 9.72. The number of nitrogens with zero attached hydrogens (tertiary/aromatic N) is 2. The number of esters is 1. The Hall–Kier alpha value is -2.27. The quantitative estimate of drug-likeness (QED) is 0.628. The van der Waals surface area contributed by atoms with E-state index in [0.717, 1.165) is 10.0 Å². The van der Waals surface area contributed by atoms with E-state index in [0.29, 0.717) is 5.56 Å². The van der Waals surface area contributed by atoms with Crippen molar-refractivity contribution < 1.29 is 9.53 Å². The standard InChI is InChI=1S/C15H9BrN2O2/c16-12-5-3-10(4-6-12)8-13-15(19)20-14(18-13)11-2-1-7-17-9-11/h1-9H/b13-8-. The minimum Gasteiger partial charge on any atom is -0.402 e. The van der Waals surface area contributed by atoms with Crippen LogP contribution in [0.25, 0.3) is 6.08 Å². The number of hydrogen-bond donors (Lipinski definition) is 0. The lowest BCUT2D eigenvalue weighted by molar-refractivity contribution is -0.129. The van der Waals surface area contributed by atoms with Crippen molar-refractivity contribution in [1.82, 2.24) is 4.98 Å². The van der Waals surface area contributed by atoms with E-state index < -0.39 is 5.97 Å². The summed E-state index contributed by atoms with van der Waals surface area (Å²) in [5.41, 5.74) is 1.85. The average molecular weight is 329 g/mol. The molecule has 0 saturated heterocycles. The van der Waals surface area contributed by atoms with Crippen LogP contribution in [0.5, 0.6) is 0 Å². The maximum Gasteiger partial charge on any atom is 0.363 e. The van der Waals surface area contributed by atoms with Crippen molar-refractivity contribution in [1.29, 1.82) is 0 Å². The molecule has 3 rings (SSSR count). The summed E-state index contributed by atoms with van der Waals surface area (Å²) in [6.45, 7) is 0. The van der Waals surface area contributed by atoms with Crippen molar-refractivity contribution in [3.8, 4) is 0 Å². The second-order valence-corrected chi connectivity index (χ2v) is 5.04. The fourth-order valence-electron chi connectivity index (χ4n) is 1.74. The van der Waals surface area contributed by atoms with Gasteiger partial charge in [0.25, 0.3) is 0 Å². The van der Waals surface area contributed by atoms with Gasteiger partial charge < -0.3 is 4.74 Å². The molecule has 1 aliphatic heterocycles. The average Bonchev–Trinajstić information content (AvgIpc) is 2.84. The van der Waals surface area contributed by atoms with Gasteiger partial charge in [0.05, 0.1) is 5.56 Å². The van der Waals surface area contributed by atoms with Crippen LogP contribution >= 0.6 is 15.9 Å². The van der Waals surface area contributed by atoms with Crippen LogP contribution in [-0.2, 0) is 9.53 Å². The van der Waals surface area contributed by atoms with Gasteiger partial charge in [-0.1, -0.05) is 28.1 Å². The summed E-state index contributed by atoms with van der Waals surface area (Å²) >= 11 is 3.36. The predicted octanol–water partition coefficient (Wildman–Crippen LogP) is 3.19. The normalized spacial score (nSPS) is 16.1. The van der Waals surface area contributed by atoms with Crippen LogP contribution in [-0.4, -0.2) is 16.9 Å². The minimum atomic E-state index is -0.452. The van der Waals surface area contributed by atoms with E-state index in [2.05, 4.69) is 25.9 Å². The molecule has 98 valence electrons. The molecule has 4 nitrogen and oxygen atoms in total. The first kappa shape index (κ1) is 12.7. The second-order valence-electron chi connectivity index (χ2n) is 4.13. The minimum absolute atomic E-state index is 0.283. The molecule has 2 heterocycles. The maximum atomic E-state index is 11.8. The number of carbonyl (C=O) groups is 1. The van der Waals surface area contributed by atoms with Crippen LogP contribution in [0.4, 0.5) is 0 Å². The molecule has 1 aromatic carbocycles. The zero-order valence-corrected chi connectivity index (χ0v) is 11.9. The molecule has 20 heavy (non-hydrogen) atoms. The van der Waals surface area contributed by atoms with Gasteiger partial charge in [0.1, 0.15) is 0 Å². The molecule has 1 aliphatic rings. The van der Waals surface area contributed by atoms with E-state index in [1.54, 1.807) is 30.6 Å². The highest BCUT2D eigenvalue weighted by Gasteiger charge is 2.24. The molecule has 0 N–H and O–H groups in total. The summed E-state index contributed by atoms with van der Waals surface area (Å²) in [5.74, 6) is -0.168. The third kappa shape index (κ3) is 2.67. The summed E-state index contributed by atoms with van der Waals surface area (Å²) in [7, 11) is 0. The largest absolute Gasteiger partial charge is 0.402 e. The Morgan fingerprint density at radius 1 is 1.15 bits per heavy atom. The van der Waals surface area contributed by atoms with Gasteiger partial charge in [0, 0.05) is 16.9 Å². The Morgan fingerprint density at radius 3 is 2.65 bits per heavy atom. The van der Waals surface area contributed by atoms with Crippen LogP contribution in [0.1, 0.15) is 11.1 Å². The van der Waals surface area contributed by atoms with E-state index >= 15 is 0 Å². The zero-order chi connectivity index (χ0) is 13.9. The van der Waals surface area contributed by atoms with Gasteiger partial charge >= 0.3 is 5.97 Å². The van der Waals surface area contributed by atoms with E-state index in [-0.39, 0.29) is 11.6 Å². The first-order valence-electron chi connectivity index (χ1n) is 5.91. The van der Waals surface area contributed by atoms with Crippen molar-refractivity contribution in [2.24, 2.45) is 4.99 Å². The SMILES string of the molecule is O=C1OC(c2cccnc2)=N/C1=C\c1ccc(Br)cc1. The van der Waals surface area contributed by atoms with Crippen molar-refractivity contribution in [3.63, 3.8) is 0 Å². The van der Waals surface area contributed by atoms with Crippen LogP contribution in [0.2, 0.25) is 0 Å². The predicted molar refractivity (Wildman–Crippen MR) is 79.0 cm³/mol. The number of ether oxygens (including phenoxy) is 1. The van der Waals surface area contributed by atoms with Crippen molar-refractivity contribution in [2.45, 2.75) is 0 Å². The van der Waals surface area contributed by atoms with Gasteiger partial charge in [-0.15, -0.1) is 0 Å². The number of carbonyl (C=O) groups excluding carboxylic acids is 1.